The molecule has 0 aliphatic carbocycles. The van der Waals surface area contributed by atoms with Gasteiger partial charge in [0.2, 0.25) is 5.95 Å². The molecule has 3 aromatic carbocycles. The Morgan fingerprint density at radius 2 is 1.63 bits per heavy atom. The van der Waals surface area contributed by atoms with Crippen LogP contribution in [0.15, 0.2) is 94.3 Å². The average Bonchev–Trinajstić information content (AvgIpc) is 2.95. The number of nitrogens with zero attached hydrogens (tertiary/aromatic N) is 6. The molecule has 8 nitrogen and oxygen atoms in total. The van der Waals surface area contributed by atoms with E-state index in [0.29, 0.717) is 28.2 Å². The Hall–Kier alpha value is -4.08. The summed E-state index contributed by atoms with van der Waals surface area (Å²) in [7, 11) is 2.16. The van der Waals surface area contributed by atoms with Crippen LogP contribution in [0.1, 0.15) is 0 Å². The lowest BCUT2D eigenvalue weighted by atomic mass is 10.1. The molecule has 0 atom stereocenters. The highest BCUT2D eigenvalue weighted by molar-refractivity contribution is 9.10. The van der Waals surface area contributed by atoms with Gasteiger partial charge in [0.25, 0.3) is 5.56 Å². The maximum atomic E-state index is 13.4. The molecule has 190 valence electrons. The Bertz CT molecular complexity index is 1650. The van der Waals surface area contributed by atoms with E-state index >= 15 is 0 Å². The molecule has 2 aromatic heterocycles. The highest BCUT2D eigenvalue weighted by Crippen LogP contribution is 2.28. The maximum absolute atomic E-state index is 13.4. The molecule has 0 radical (unpaired) electrons. The van der Waals surface area contributed by atoms with E-state index in [9.17, 15) is 4.79 Å². The fourth-order valence-electron chi connectivity index (χ4n) is 4.61. The van der Waals surface area contributed by atoms with E-state index in [1.165, 1.54) is 10.4 Å². The largest absolute Gasteiger partial charge is 0.369 e. The van der Waals surface area contributed by atoms with Gasteiger partial charge in [-0.05, 0) is 55.6 Å². The predicted octanol–water partition coefficient (Wildman–Crippen LogP) is 5.10. The number of rotatable bonds is 5. The van der Waals surface area contributed by atoms with E-state index < -0.39 is 0 Å². The molecule has 5 aromatic rings. The number of fused-ring (bicyclic) bond motifs is 1. The zero-order chi connectivity index (χ0) is 26.1. The molecule has 0 saturated carbocycles. The number of likely N-dealkylation sites (N-methyl/N-ethyl adjacent to an activating group) is 1. The van der Waals surface area contributed by atoms with Gasteiger partial charge in [-0.3, -0.25) is 4.79 Å². The van der Waals surface area contributed by atoms with Gasteiger partial charge in [0.05, 0.1) is 11.1 Å². The smallest absolute Gasteiger partial charge is 0.282 e. The van der Waals surface area contributed by atoms with Crippen molar-refractivity contribution < 1.29 is 0 Å². The molecular formula is C29H26BrN7O. The first-order valence-corrected chi connectivity index (χ1v) is 13.3. The maximum Gasteiger partial charge on any atom is 0.282 e. The van der Waals surface area contributed by atoms with E-state index in [1.807, 2.05) is 66.7 Å². The second-order valence-electron chi connectivity index (χ2n) is 9.33. The van der Waals surface area contributed by atoms with E-state index in [1.54, 1.807) is 6.20 Å². The molecule has 1 aliphatic heterocycles. The van der Waals surface area contributed by atoms with Crippen molar-refractivity contribution in [2.75, 3.05) is 43.4 Å². The van der Waals surface area contributed by atoms with E-state index in [2.05, 4.69) is 55.2 Å². The van der Waals surface area contributed by atoms with E-state index in [0.717, 1.165) is 41.9 Å². The van der Waals surface area contributed by atoms with E-state index in [-0.39, 0.29) is 5.56 Å². The first kappa shape index (κ1) is 24.3. The molecule has 0 spiro atoms. The summed E-state index contributed by atoms with van der Waals surface area (Å²) in [6.07, 6.45) is 1.58. The topological polar surface area (TPSA) is 79.2 Å². The highest BCUT2D eigenvalue weighted by atomic mass is 79.9. The fourth-order valence-corrected chi connectivity index (χ4v) is 5.01. The number of benzene rings is 3. The number of para-hydroxylation sites is 1. The van der Waals surface area contributed by atoms with Gasteiger partial charge in [0.15, 0.2) is 0 Å². The Labute approximate surface area is 228 Å². The minimum absolute atomic E-state index is 0.270. The summed E-state index contributed by atoms with van der Waals surface area (Å²) in [6, 6.07) is 25.5. The molecule has 1 fully saturated rings. The number of aromatic nitrogens is 4. The van der Waals surface area contributed by atoms with Crippen molar-refractivity contribution >= 4 is 44.2 Å². The average molecular weight is 568 g/mol. The quantitative estimate of drug-likeness (QED) is 0.316. The lowest BCUT2D eigenvalue weighted by Gasteiger charge is -2.34. The van der Waals surface area contributed by atoms with Crippen LogP contribution in [-0.4, -0.2) is 57.9 Å². The standard InChI is InChI=1S/C29H26BrN7O/c1-35-14-16-36(17-15-35)23-12-10-22(11-13-23)32-29-31-19-25-27(33-29)26(20-6-5-7-21(30)18-20)34-37(28(25)38)24-8-3-2-4-9-24/h2-13,18-19H,14-17H2,1H3,(H,31,32,33). The van der Waals surface area contributed by atoms with Gasteiger partial charge < -0.3 is 15.1 Å². The molecule has 0 bridgehead atoms. The van der Waals surface area contributed by atoms with Crippen molar-refractivity contribution in [2.45, 2.75) is 0 Å². The zero-order valence-electron chi connectivity index (χ0n) is 20.9. The monoisotopic (exact) mass is 567 g/mol. The number of halogens is 1. The predicted molar refractivity (Wildman–Crippen MR) is 156 cm³/mol. The Balaban J connectivity index is 1.38. The third-order valence-corrected chi connectivity index (χ3v) is 7.22. The van der Waals surface area contributed by atoms with Crippen molar-refractivity contribution in [3.63, 3.8) is 0 Å². The second kappa shape index (κ2) is 10.4. The molecule has 38 heavy (non-hydrogen) atoms. The number of hydrogen-bond donors (Lipinski definition) is 1. The van der Waals surface area contributed by atoms with Crippen LogP contribution in [0, 0.1) is 0 Å². The third-order valence-electron chi connectivity index (χ3n) is 6.73. The number of hydrogen-bond acceptors (Lipinski definition) is 7. The van der Waals surface area contributed by atoms with Crippen LogP contribution >= 0.6 is 15.9 Å². The van der Waals surface area contributed by atoms with Crippen LogP contribution in [0.3, 0.4) is 0 Å². The highest BCUT2D eigenvalue weighted by Gasteiger charge is 2.17. The van der Waals surface area contributed by atoms with Gasteiger partial charge in [-0.2, -0.15) is 9.78 Å². The van der Waals surface area contributed by atoms with Crippen LogP contribution in [-0.2, 0) is 0 Å². The molecule has 6 rings (SSSR count). The van der Waals surface area contributed by atoms with Gasteiger partial charge in [0.1, 0.15) is 11.2 Å². The third kappa shape index (κ3) is 4.90. The number of piperazine rings is 1. The molecule has 1 saturated heterocycles. The van der Waals surface area contributed by atoms with Gasteiger partial charge >= 0.3 is 0 Å². The van der Waals surface area contributed by atoms with Gasteiger partial charge in [-0.15, -0.1) is 0 Å². The summed E-state index contributed by atoms with van der Waals surface area (Å²) in [6.45, 7) is 4.16. The minimum Gasteiger partial charge on any atom is -0.369 e. The van der Waals surface area contributed by atoms with Crippen LogP contribution in [0.25, 0.3) is 27.8 Å². The summed E-state index contributed by atoms with van der Waals surface area (Å²) >= 11 is 3.55. The Kier molecular flexibility index (Phi) is 6.61. The van der Waals surface area contributed by atoms with Gasteiger partial charge in [0, 0.05) is 53.8 Å². The van der Waals surface area contributed by atoms with Crippen LogP contribution in [0.5, 0.6) is 0 Å². The van der Waals surface area contributed by atoms with Gasteiger partial charge in [-0.1, -0.05) is 46.3 Å². The Morgan fingerprint density at radius 1 is 0.868 bits per heavy atom. The van der Waals surface area contributed by atoms with Crippen LogP contribution in [0.2, 0.25) is 0 Å². The molecule has 1 aliphatic rings. The number of nitrogens with one attached hydrogen (secondary N) is 1. The lowest BCUT2D eigenvalue weighted by Crippen LogP contribution is -2.44. The second-order valence-corrected chi connectivity index (χ2v) is 10.2. The SMILES string of the molecule is CN1CCN(c2ccc(Nc3ncc4c(=O)n(-c5ccccc5)nc(-c5cccc(Br)c5)c4n3)cc2)CC1. The van der Waals surface area contributed by atoms with Crippen molar-refractivity contribution in [3.8, 4) is 16.9 Å². The Morgan fingerprint density at radius 3 is 2.37 bits per heavy atom. The van der Waals surface area contributed by atoms with E-state index in [4.69, 9.17) is 10.1 Å². The van der Waals surface area contributed by atoms with Crippen molar-refractivity contribution in [1.29, 1.82) is 0 Å². The summed E-state index contributed by atoms with van der Waals surface area (Å²) in [5, 5.41) is 8.45. The first-order valence-electron chi connectivity index (χ1n) is 12.5. The lowest BCUT2D eigenvalue weighted by molar-refractivity contribution is 0.313. The number of anilines is 3. The molecule has 1 N–H and O–H groups in total. The molecule has 3 heterocycles. The molecule has 9 heteroatoms. The molecule has 0 amide bonds. The van der Waals surface area contributed by atoms with Crippen LogP contribution in [0.4, 0.5) is 17.3 Å². The van der Waals surface area contributed by atoms with Crippen molar-refractivity contribution in [1.82, 2.24) is 24.6 Å². The summed E-state index contributed by atoms with van der Waals surface area (Å²) < 4.78 is 2.32. The summed E-state index contributed by atoms with van der Waals surface area (Å²) in [5.41, 5.74) is 4.41. The molecular weight excluding hydrogens is 542 g/mol. The summed E-state index contributed by atoms with van der Waals surface area (Å²) in [4.78, 5) is 27.4. The minimum atomic E-state index is -0.270. The van der Waals surface area contributed by atoms with Crippen molar-refractivity contribution in [3.05, 3.63) is 99.9 Å². The fraction of sp³-hybridized carbons (Fsp3) is 0.172. The van der Waals surface area contributed by atoms with Crippen molar-refractivity contribution in [2.24, 2.45) is 0 Å². The van der Waals surface area contributed by atoms with Crippen LogP contribution < -0.4 is 15.8 Å². The zero-order valence-corrected chi connectivity index (χ0v) is 22.5. The normalized spacial score (nSPS) is 14.1. The first-order chi connectivity index (χ1) is 18.5. The summed E-state index contributed by atoms with van der Waals surface area (Å²) in [5.74, 6) is 0.403. The van der Waals surface area contributed by atoms with Gasteiger partial charge in [-0.25, -0.2) is 9.97 Å². The molecule has 0 unspecified atom stereocenters.